The number of nitrogens with zero attached hydrogens (tertiary/aromatic N) is 4. The first kappa shape index (κ1) is 9.17. The molecule has 0 aliphatic carbocycles. The maximum absolute atomic E-state index is 8.40. The van der Waals surface area contributed by atoms with Crippen LogP contribution in [0, 0.1) is 29.6 Å². The van der Waals surface area contributed by atoms with E-state index in [1.54, 1.807) is 12.1 Å². The van der Waals surface area contributed by atoms with E-state index in [0.29, 0.717) is 5.13 Å². The molecule has 0 radical (unpaired) electrons. The first-order chi connectivity index (χ1) is 6.26. The van der Waals surface area contributed by atoms with Crippen molar-refractivity contribution in [3.8, 4) is 12.1 Å². The van der Waals surface area contributed by atoms with Gasteiger partial charge in [0.15, 0.2) is 0 Å². The van der Waals surface area contributed by atoms with E-state index < -0.39 is 0 Å². The van der Waals surface area contributed by atoms with Crippen LogP contribution in [0.5, 0.6) is 0 Å². The second-order valence-corrected chi connectivity index (χ2v) is 3.23. The van der Waals surface area contributed by atoms with Crippen LogP contribution in [0.1, 0.15) is 5.01 Å². The molecule has 0 saturated heterocycles. The highest BCUT2D eigenvalue weighted by molar-refractivity contribution is 7.15. The number of nitriles is 2. The number of hydrogen-bond acceptors (Lipinski definition) is 6. The largest absolute Gasteiger partial charge is 0.335 e. The lowest BCUT2D eigenvalue weighted by Crippen LogP contribution is -1.88. The summed E-state index contributed by atoms with van der Waals surface area (Å²) in [6.07, 6.45) is 1.31. The van der Waals surface area contributed by atoms with Crippen molar-refractivity contribution < 1.29 is 0 Å². The maximum atomic E-state index is 8.40. The topological polar surface area (TPSA) is 85.4 Å². The Morgan fingerprint density at radius 1 is 1.46 bits per heavy atom. The van der Waals surface area contributed by atoms with Gasteiger partial charge >= 0.3 is 0 Å². The minimum Gasteiger partial charge on any atom is -0.335 e. The van der Waals surface area contributed by atoms with E-state index in [1.165, 1.54) is 17.5 Å². The minimum absolute atomic E-state index is 0.00727. The lowest BCUT2D eigenvalue weighted by Gasteiger charge is -1.89. The van der Waals surface area contributed by atoms with Gasteiger partial charge in [0.05, 0.1) is 0 Å². The van der Waals surface area contributed by atoms with Crippen LogP contribution in [-0.4, -0.2) is 10.2 Å². The Morgan fingerprint density at radius 2 is 2.15 bits per heavy atom. The van der Waals surface area contributed by atoms with Crippen molar-refractivity contribution in [3.63, 3.8) is 0 Å². The van der Waals surface area contributed by atoms with Gasteiger partial charge in [0.1, 0.15) is 22.7 Å². The molecule has 0 spiro atoms. The van der Waals surface area contributed by atoms with Crippen LogP contribution in [0.15, 0.2) is 11.8 Å². The highest BCUT2D eigenvalue weighted by atomic mass is 32.1. The molecule has 0 aliphatic heterocycles. The molecule has 1 aromatic heterocycles. The van der Waals surface area contributed by atoms with Crippen molar-refractivity contribution in [2.45, 2.75) is 6.92 Å². The van der Waals surface area contributed by atoms with E-state index >= 15 is 0 Å². The number of anilines is 1. The van der Waals surface area contributed by atoms with Gasteiger partial charge in [0, 0.05) is 6.20 Å². The molecule has 1 N–H and O–H groups in total. The fraction of sp³-hybridized carbons (Fsp3) is 0.143. The summed E-state index contributed by atoms with van der Waals surface area (Å²) >= 11 is 1.35. The molecule has 5 nitrogen and oxygen atoms in total. The number of allylic oxidation sites excluding steroid dienone is 1. The zero-order chi connectivity index (χ0) is 9.68. The van der Waals surface area contributed by atoms with Crippen LogP contribution >= 0.6 is 11.3 Å². The van der Waals surface area contributed by atoms with Crippen molar-refractivity contribution >= 4 is 16.5 Å². The smallest absolute Gasteiger partial charge is 0.209 e. The molecule has 1 heterocycles. The lowest BCUT2D eigenvalue weighted by atomic mass is 10.4. The third-order valence-electron chi connectivity index (χ3n) is 1.11. The number of aryl methyl sites for hydroxylation is 1. The van der Waals surface area contributed by atoms with Crippen molar-refractivity contribution in [2.24, 2.45) is 0 Å². The Kier molecular flexibility index (Phi) is 2.96. The van der Waals surface area contributed by atoms with Crippen LogP contribution in [0.4, 0.5) is 5.13 Å². The van der Waals surface area contributed by atoms with E-state index in [-0.39, 0.29) is 5.57 Å². The molecule has 0 fully saturated rings. The molecule has 0 atom stereocenters. The SMILES string of the molecule is Cc1nnc(NC=C(C#N)C#N)s1. The third kappa shape index (κ3) is 2.55. The molecule has 0 bridgehead atoms. The third-order valence-corrected chi connectivity index (χ3v) is 1.88. The molecule has 64 valence electrons. The Balaban J connectivity index is 2.68. The van der Waals surface area contributed by atoms with E-state index in [9.17, 15) is 0 Å². The minimum atomic E-state index is 0.00727. The summed E-state index contributed by atoms with van der Waals surface area (Å²) in [7, 11) is 0. The highest BCUT2D eigenvalue weighted by Crippen LogP contribution is 2.13. The van der Waals surface area contributed by atoms with Crippen LogP contribution in [0.25, 0.3) is 0 Å². The Bertz CT molecular complexity index is 389. The van der Waals surface area contributed by atoms with E-state index in [0.717, 1.165) is 5.01 Å². The van der Waals surface area contributed by atoms with E-state index in [4.69, 9.17) is 10.5 Å². The normalized spacial score (nSPS) is 8.23. The molecular formula is C7H5N5S. The second kappa shape index (κ2) is 4.19. The number of aromatic nitrogens is 2. The summed E-state index contributed by atoms with van der Waals surface area (Å²) in [5.41, 5.74) is 0.00727. The molecule has 0 amide bonds. The number of nitrogens with one attached hydrogen (secondary N) is 1. The molecule has 6 heteroatoms. The van der Waals surface area contributed by atoms with Gasteiger partial charge in [-0.2, -0.15) is 10.5 Å². The first-order valence-corrected chi connectivity index (χ1v) is 4.15. The van der Waals surface area contributed by atoms with Crippen molar-refractivity contribution in [1.29, 1.82) is 10.5 Å². The van der Waals surface area contributed by atoms with Gasteiger partial charge in [-0.05, 0) is 6.92 Å². The summed E-state index contributed by atoms with van der Waals surface area (Å²) in [5.74, 6) is 0. The summed E-state index contributed by atoms with van der Waals surface area (Å²) < 4.78 is 0. The zero-order valence-electron chi connectivity index (χ0n) is 6.77. The summed E-state index contributed by atoms with van der Waals surface area (Å²) in [4.78, 5) is 0. The van der Waals surface area contributed by atoms with Crippen LogP contribution in [-0.2, 0) is 0 Å². The number of rotatable bonds is 2. The molecule has 1 rings (SSSR count). The maximum Gasteiger partial charge on any atom is 0.209 e. The summed E-state index contributed by atoms with van der Waals surface area (Å²) in [5, 5.41) is 28.4. The van der Waals surface area contributed by atoms with E-state index in [1.807, 2.05) is 6.92 Å². The van der Waals surface area contributed by atoms with Gasteiger partial charge in [-0.1, -0.05) is 11.3 Å². The van der Waals surface area contributed by atoms with Crippen LogP contribution in [0.2, 0.25) is 0 Å². The van der Waals surface area contributed by atoms with Gasteiger partial charge in [-0.15, -0.1) is 10.2 Å². The summed E-state index contributed by atoms with van der Waals surface area (Å²) in [6, 6.07) is 3.45. The number of hydrogen-bond donors (Lipinski definition) is 1. The first-order valence-electron chi connectivity index (χ1n) is 3.33. The Labute approximate surface area is 78.9 Å². The highest BCUT2D eigenvalue weighted by Gasteiger charge is 1.97. The van der Waals surface area contributed by atoms with Gasteiger partial charge < -0.3 is 5.32 Å². The van der Waals surface area contributed by atoms with Crippen molar-refractivity contribution in [1.82, 2.24) is 10.2 Å². The fourth-order valence-corrected chi connectivity index (χ4v) is 1.14. The Morgan fingerprint density at radius 3 is 2.62 bits per heavy atom. The predicted octanol–water partition coefficient (Wildman–Crippen LogP) is 1.19. The van der Waals surface area contributed by atoms with Gasteiger partial charge in [0.25, 0.3) is 0 Å². The average Bonchev–Trinajstić information content (AvgIpc) is 2.53. The molecule has 0 aromatic carbocycles. The lowest BCUT2D eigenvalue weighted by molar-refractivity contribution is 1.05. The molecule has 0 aliphatic rings. The fourth-order valence-electron chi connectivity index (χ4n) is 0.578. The molecule has 13 heavy (non-hydrogen) atoms. The van der Waals surface area contributed by atoms with Gasteiger partial charge in [0.2, 0.25) is 5.13 Å². The van der Waals surface area contributed by atoms with Crippen molar-refractivity contribution in [2.75, 3.05) is 5.32 Å². The molecule has 0 unspecified atom stereocenters. The predicted molar refractivity (Wildman–Crippen MR) is 47.6 cm³/mol. The molecule has 0 saturated carbocycles. The van der Waals surface area contributed by atoms with Crippen molar-refractivity contribution in [3.05, 3.63) is 16.8 Å². The van der Waals surface area contributed by atoms with Crippen LogP contribution in [0.3, 0.4) is 0 Å². The monoisotopic (exact) mass is 191 g/mol. The second-order valence-electron chi connectivity index (χ2n) is 2.05. The van der Waals surface area contributed by atoms with Gasteiger partial charge in [-0.25, -0.2) is 0 Å². The van der Waals surface area contributed by atoms with E-state index in [2.05, 4.69) is 15.5 Å². The standard InChI is InChI=1S/C7H5N5S/c1-5-11-12-7(13-5)10-4-6(2-8)3-9/h4H,1H3,(H,10,12). The Hall–Kier alpha value is -1.92. The zero-order valence-corrected chi connectivity index (χ0v) is 7.59. The molecular weight excluding hydrogens is 186 g/mol. The average molecular weight is 191 g/mol. The van der Waals surface area contributed by atoms with Crippen LogP contribution < -0.4 is 5.32 Å². The molecule has 1 aromatic rings. The van der Waals surface area contributed by atoms with Gasteiger partial charge in [-0.3, -0.25) is 0 Å². The quantitative estimate of drug-likeness (QED) is 0.709. The summed E-state index contributed by atoms with van der Waals surface area (Å²) in [6.45, 7) is 1.82.